The molecular weight excluding hydrogens is 272 g/mol. The first-order chi connectivity index (χ1) is 9.63. The maximum Gasteiger partial charge on any atom is 0.126 e. The highest BCUT2D eigenvalue weighted by molar-refractivity contribution is 6.32. The molecule has 1 saturated carbocycles. The SMILES string of the molecule is Cc1c(Cl)ccc2ccc(NCC3(CCO)CC3)nc12. The molecule has 1 aliphatic rings. The number of aliphatic hydroxyl groups excluding tert-OH is 1. The Labute approximate surface area is 124 Å². The van der Waals surface area contributed by atoms with Crippen LogP contribution in [0.25, 0.3) is 10.9 Å². The van der Waals surface area contributed by atoms with Gasteiger partial charge in [-0.05, 0) is 55.4 Å². The molecule has 20 heavy (non-hydrogen) atoms. The van der Waals surface area contributed by atoms with Crippen molar-refractivity contribution in [3.05, 3.63) is 34.9 Å². The van der Waals surface area contributed by atoms with Crippen LogP contribution in [0.5, 0.6) is 0 Å². The third-order valence-electron chi connectivity index (χ3n) is 4.29. The highest BCUT2D eigenvalue weighted by Crippen LogP contribution is 2.48. The number of nitrogens with zero attached hydrogens (tertiary/aromatic N) is 1. The molecule has 4 heteroatoms. The van der Waals surface area contributed by atoms with Crippen molar-refractivity contribution in [1.29, 1.82) is 0 Å². The van der Waals surface area contributed by atoms with Crippen LogP contribution < -0.4 is 5.32 Å². The van der Waals surface area contributed by atoms with Crippen LogP contribution in [0, 0.1) is 12.3 Å². The van der Waals surface area contributed by atoms with Crippen molar-refractivity contribution in [2.24, 2.45) is 5.41 Å². The number of benzene rings is 1. The van der Waals surface area contributed by atoms with E-state index in [0.29, 0.717) is 0 Å². The lowest BCUT2D eigenvalue weighted by atomic mass is 10.0. The molecule has 0 atom stereocenters. The normalized spacial score (nSPS) is 16.4. The van der Waals surface area contributed by atoms with Crippen LogP contribution >= 0.6 is 11.6 Å². The summed E-state index contributed by atoms with van der Waals surface area (Å²) in [7, 11) is 0. The molecule has 1 aromatic carbocycles. The predicted octanol–water partition coefficient (Wildman–Crippen LogP) is 3.77. The number of aryl methyl sites for hydroxylation is 1. The van der Waals surface area contributed by atoms with Crippen molar-refractivity contribution in [1.82, 2.24) is 4.98 Å². The molecule has 3 nitrogen and oxygen atoms in total. The number of aromatic nitrogens is 1. The molecule has 0 spiro atoms. The number of hydrogen-bond donors (Lipinski definition) is 2. The number of halogens is 1. The molecule has 3 rings (SSSR count). The number of anilines is 1. The fraction of sp³-hybridized carbons (Fsp3) is 0.438. The van der Waals surface area contributed by atoms with Gasteiger partial charge in [0.1, 0.15) is 5.82 Å². The van der Waals surface area contributed by atoms with Crippen molar-refractivity contribution in [2.45, 2.75) is 26.2 Å². The molecule has 0 bridgehead atoms. The molecule has 0 amide bonds. The summed E-state index contributed by atoms with van der Waals surface area (Å²) in [5, 5.41) is 14.4. The molecule has 0 unspecified atom stereocenters. The van der Waals surface area contributed by atoms with Crippen molar-refractivity contribution in [2.75, 3.05) is 18.5 Å². The van der Waals surface area contributed by atoms with Crippen LogP contribution in [0.4, 0.5) is 5.82 Å². The summed E-state index contributed by atoms with van der Waals surface area (Å²) in [6, 6.07) is 7.98. The third kappa shape index (κ3) is 2.60. The summed E-state index contributed by atoms with van der Waals surface area (Å²) < 4.78 is 0. The van der Waals surface area contributed by atoms with Gasteiger partial charge in [0.25, 0.3) is 0 Å². The predicted molar refractivity (Wildman–Crippen MR) is 83.3 cm³/mol. The Morgan fingerprint density at radius 3 is 2.75 bits per heavy atom. The van der Waals surface area contributed by atoms with E-state index in [2.05, 4.69) is 16.4 Å². The first-order valence-corrected chi connectivity index (χ1v) is 7.42. The lowest BCUT2D eigenvalue weighted by molar-refractivity contribution is 0.253. The van der Waals surface area contributed by atoms with E-state index in [-0.39, 0.29) is 12.0 Å². The highest BCUT2D eigenvalue weighted by atomic mass is 35.5. The second-order valence-corrected chi connectivity index (χ2v) is 6.17. The number of aliphatic hydroxyl groups is 1. The molecule has 2 N–H and O–H groups in total. The maximum atomic E-state index is 9.09. The van der Waals surface area contributed by atoms with Crippen LogP contribution in [0.15, 0.2) is 24.3 Å². The lowest BCUT2D eigenvalue weighted by Gasteiger charge is -2.15. The Bertz CT molecular complexity index is 638. The lowest BCUT2D eigenvalue weighted by Crippen LogP contribution is -2.17. The van der Waals surface area contributed by atoms with E-state index in [9.17, 15) is 0 Å². The monoisotopic (exact) mass is 290 g/mol. The van der Waals surface area contributed by atoms with Crippen LogP contribution in [0.2, 0.25) is 5.02 Å². The first-order valence-electron chi connectivity index (χ1n) is 7.04. The van der Waals surface area contributed by atoms with E-state index in [0.717, 1.165) is 40.3 Å². The fourth-order valence-corrected chi connectivity index (χ4v) is 2.76. The van der Waals surface area contributed by atoms with Crippen LogP contribution in [-0.2, 0) is 0 Å². The zero-order chi connectivity index (χ0) is 14.2. The quantitative estimate of drug-likeness (QED) is 0.881. The van der Waals surface area contributed by atoms with E-state index in [1.54, 1.807) is 0 Å². The van der Waals surface area contributed by atoms with Gasteiger partial charge in [-0.1, -0.05) is 17.7 Å². The summed E-state index contributed by atoms with van der Waals surface area (Å²) in [5.74, 6) is 0.882. The van der Waals surface area contributed by atoms with E-state index < -0.39 is 0 Å². The standard InChI is InChI=1S/C16H19ClN2O/c1-11-13(17)4-2-12-3-5-14(19-15(11)12)18-10-16(6-7-16)8-9-20/h2-5,20H,6-10H2,1H3,(H,18,19). The van der Waals surface area contributed by atoms with Crippen LogP contribution in [0.1, 0.15) is 24.8 Å². The second kappa shape index (κ2) is 5.23. The smallest absolute Gasteiger partial charge is 0.126 e. The largest absolute Gasteiger partial charge is 0.396 e. The summed E-state index contributed by atoms with van der Waals surface area (Å²) in [5.41, 5.74) is 2.26. The van der Waals surface area contributed by atoms with Gasteiger partial charge in [-0.25, -0.2) is 4.98 Å². The molecule has 2 aromatic rings. The Morgan fingerprint density at radius 2 is 2.05 bits per heavy atom. The molecule has 1 fully saturated rings. The molecule has 0 aliphatic heterocycles. The summed E-state index contributed by atoms with van der Waals surface area (Å²) in [6.07, 6.45) is 3.26. The van der Waals surface area contributed by atoms with Gasteiger partial charge in [0.15, 0.2) is 0 Å². The van der Waals surface area contributed by atoms with Gasteiger partial charge in [0, 0.05) is 23.6 Å². The molecule has 0 saturated heterocycles. The maximum absolute atomic E-state index is 9.09. The zero-order valence-corrected chi connectivity index (χ0v) is 12.4. The average Bonchev–Trinajstić information content (AvgIpc) is 3.22. The minimum absolute atomic E-state index is 0.265. The number of pyridine rings is 1. The van der Waals surface area contributed by atoms with Gasteiger partial charge in [-0.15, -0.1) is 0 Å². The van der Waals surface area contributed by atoms with E-state index in [1.165, 1.54) is 12.8 Å². The number of hydrogen-bond acceptors (Lipinski definition) is 3. The average molecular weight is 291 g/mol. The Hall–Kier alpha value is -1.32. The Balaban J connectivity index is 1.80. The fourth-order valence-electron chi connectivity index (χ4n) is 2.61. The second-order valence-electron chi connectivity index (χ2n) is 5.77. The van der Waals surface area contributed by atoms with Crippen molar-refractivity contribution in [3.8, 4) is 0 Å². The summed E-state index contributed by atoms with van der Waals surface area (Å²) in [6.45, 7) is 3.14. The topological polar surface area (TPSA) is 45.1 Å². The molecule has 106 valence electrons. The van der Waals surface area contributed by atoms with Gasteiger partial charge >= 0.3 is 0 Å². The van der Waals surface area contributed by atoms with Gasteiger partial charge in [-0.2, -0.15) is 0 Å². The highest BCUT2D eigenvalue weighted by Gasteiger charge is 2.41. The Morgan fingerprint density at radius 1 is 1.30 bits per heavy atom. The van der Waals surface area contributed by atoms with Crippen molar-refractivity contribution < 1.29 is 5.11 Å². The third-order valence-corrected chi connectivity index (χ3v) is 4.70. The number of fused-ring (bicyclic) bond motifs is 1. The van der Waals surface area contributed by atoms with Gasteiger partial charge < -0.3 is 10.4 Å². The minimum atomic E-state index is 0.265. The number of rotatable bonds is 5. The Kier molecular flexibility index (Phi) is 3.57. The molecular formula is C16H19ClN2O. The van der Waals surface area contributed by atoms with Crippen molar-refractivity contribution >= 4 is 28.3 Å². The summed E-state index contributed by atoms with van der Waals surface area (Å²) in [4.78, 5) is 4.67. The molecule has 1 aromatic heterocycles. The van der Waals surface area contributed by atoms with E-state index >= 15 is 0 Å². The summed E-state index contributed by atoms with van der Waals surface area (Å²) >= 11 is 6.15. The van der Waals surface area contributed by atoms with E-state index in [4.69, 9.17) is 16.7 Å². The zero-order valence-electron chi connectivity index (χ0n) is 11.6. The van der Waals surface area contributed by atoms with Gasteiger partial charge in [-0.3, -0.25) is 0 Å². The number of nitrogens with one attached hydrogen (secondary N) is 1. The molecule has 1 heterocycles. The molecule has 1 aliphatic carbocycles. The van der Waals surface area contributed by atoms with E-state index in [1.807, 2.05) is 25.1 Å². The first kappa shape index (κ1) is 13.7. The molecule has 0 radical (unpaired) electrons. The van der Waals surface area contributed by atoms with Crippen LogP contribution in [-0.4, -0.2) is 23.2 Å². The van der Waals surface area contributed by atoms with Gasteiger partial charge in [0.05, 0.1) is 5.52 Å². The minimum Gasteiger partial charge on any atom is -0.396 e. The van der Waals surface area contributed by atoms with Gasteiger partial charge in [0.2, 0.25) is 0 Å². The van der Waals surface area contributed by atoms with Crippen molar-refractivity contribution in [3.63, 3.8) is 0 Å². The van der Waals surface area contributed by atoms with Crippen LogP contribution in [0.3, 0.4) is 0 Å².